The molecule has 29 heavy (non-hydrogen) atoms. The van der Waals surface area contributed by atoms with Crippen LogP contribution in [0.4, 0.5) is 0 Å². The summed E-state index contributed by atoms with van der Waals surface area (Å²) in [5.74, 6) is 0.126. The molecule has 7 heteroatoms. The number of rotatable bonds is 5. The van der Waals surface area contributed by atoms with E-state index in [9.17, 15) is 9.59 Å². The Hall–Kier alpha value is -3.03. The minimum absolute atomic E-state index is 0.223. The van der Waals surface area contributed by atoms with Crippen LogP contribution in [0.1, 0.15) is 20.7 Å². The molecule has 0 saturated heterocycles. The predicted molar refractivity (Wildman–Crippen MR) is 115 cm³/mol. The van der Waals surface area contributed by atoms with Crippen LogP contribution in [0.15, 0.2) is 71.3 Å². The molecule has 0 spiro atoms. The molecule has 2 aromatic carbocycles. The highest BCUT2D eigenvalue weighted by molar-refractivity contribution is 7.99. The molecule has 2 aromatic heterocycles. The highest BCUT2D eigenvalue weighted by Crippen LogP contribution is 2.37. The second kappa shape index (κ2) is 7.42. The van der Waals surface area contributed by atoms with Crippen LogP contribution in [0.3, 0.4) is 0 Å². The Labute approximate surface area is 175 Å². The maximum Gasteiger partial charge on any atom is 0.261 e. The first-order valence-electron chi connectivity index (χ1n) is 9.09. The Bertz CT molecular complexity index is 1200. The normalized spacial score (nSPS) is 13.3. The molecular formula is C22H15N3O2S2. The van der Waals surface area contributed by atoms with Crippen molar-refractivity contribution in [1.29, 1.82) is 0 Å². The molecule has 0 fully saturated rings. The lowest BCUT2D eigenvalue weighted by atomic mass is 10.1. The van der Waals surface area contributed by atoms with Gasteiger partial charge in [-0.3, -0.25) is 14.5 Å². The van der Waals surface area contributed by atoms with Gasteiger partial charge in [-0.15, -0.1) is 23.1 Å². The smallest absolute Gasteiger partial charge is 0.261 e. The van der Waals surface area contributed by atoms with Gasteiger partial charge in [-0.1, -0.05) is 42.5 Å². The summed E-state index contributed by atoms with van der Waals surface area (Å²) in [6.45, 7) is 0.341. The van der Waals surface area contributed by atoms with Crippen LogP contribution in [0.5, 0.6) is 0 Å². The molecular weight excluding hydrogens is 402 g/mol. The van der Waals surface area contributed by atoms with Crippen LogP contribution in [-0.4, -0.2) is 39.0 Å². The summed E-state index contributed by atoms with van der Waals surface area (Å²) in [4.78, 5) is 36.2. The number of thioether (sulfide) groups is 1. The highest BCUT2D eigenvalue weighted by Gasteiger charge is 2.34. The Kier molecular flexibility index (Phi) is 4.61. The quantitative estimate of drug-likeness (QED) is 0.266. The molecule has 0 radical (unpaired) electrons. The lowest BCUT2D eigenvalue weighted by molar-refractivity contribution is 0.0664. The van der Waals surface area contributed by atoms with E-state index in [0.29, 0.717) is 23.4 Å². The van der Waals surface area contributed by atoms with Gasteiger partial charge in [0, 0.05) is 23.2 Å². The van der Waals surface area contributed by atoms with Gasteiger partial charge < -0.3 is 0 Å². The van der Waals surface area contributed by atoms with Gasteiger partial charge in [0.05, 0.1) is 16.5 Å². The van der Waals surface area contributed by atoms with Gasteiger partial charge >= 0.3 is 0 Å². The van der Waals surface area contributed by atoms with Crippen LogP contribution in [0, 0.1) is 0 Å². The van der Waals surface area contributed by atoms with Gasteiger partial charge in [0.2, 0.25) is 0 Å². The van der Waals surface area contributed by atoms with Crippen LogP contribution in [0.25, 0.3) is 21.3 Å². The fraction of sp³-hybridized carbons (Fsp3) is 0.0909. The second-order valence-electron chi connectivity index (χ2n) is 6.53. The van der Waals surface area contributed by atoms with Crippen molar-refractivity contribution in [2.75, 3.05) is 12.3 Å². The van der Waals surface area contributed by atoms with E-state index in [-0.39, 0.29) is 11.8 Å². The molecule has 0 atom stereocenters. The number of hydrogen-bond donors (Lipinski definition) is 0. The highest BCUT2D eigenvalue weighted by atomic mass is 32.2. The monoisotopic (exact) mass is 417 g/mol. The van der Waals surface area contributed by atoms with Gasteiger partial charge in [-0.05, 0) is 17.7 Å². The molecule has 0 unspecified atom stereocenters. The summed E-state index contributed by atoms with van der Waals surface area (Å²) in [5.41, 5.74) is 3.19. The molecule has 1 aliphatic rings. The van der Waals surface area contributed by atoms with Crippen molar-refractivity contribution in [1.82, 2.24) is 14.9 Å². The van der Waals surface area contributed by atoms with Gasteiger partial charge in [-0.2, -0.15) is 0 Å². The lowest BCUT2D eigenvalue weighted by Crippen LogP contribution is -2.31. The Morgan fingerprint density at radius 2 is 1.55 bits per heavy atom. The van der Waals surface area contributed by atoms with Crippen molar-refractivity contribution < 1.29 is 9.59 Å². The number of carbonyl (C=O) groups is 2. The third-order valence-corrected chi connectivity index (χ3v) is 6.71. The van der Waals surface area contributed by atoms with E-state index in [0.717, 1.165) is 26.4 Å². The molecule has 4 aromatic rings. The summed E-state index contributed by atoms with van der Waals surface area (Å²) < 4.78 is 0. The maximum atomic E-state index is 12.5. The molecule has 2 amide bonds. The van der Waals surface area contributed by atoms with Crippen molar-refractivity contribution in [2.45, 2.75) is 5.03 Å². The molecule has 1 aliphatic heterocycles. The second-order valence-corrected chi connectivity index (χ2v) is 8.47. The number of imide groups is 1. The van der Waals surface area contributed by atoms with E-state index in [4.69, 9.17) is 0 Å². The fourth-order valence-corrected chi connectivity index (χ4v) is 5.38. The van der Waals surface area contributed by atoms with E-state index >= 15 is 0 Å². The van der Waals surface area contributed by atoms with Crippen molar-refractivity contribution in [3.8, 4) is 11.1 Å². The molecule has 0 N–H and O–H groups in total. The first kappa shape index (κ1) is 18.0. The molecule has 0 bridgehead atoms. The third-order valence-electron chi connectivity index (χ3n) is 4.85. The summed E-state index contributed by atoms with van der Waals surface area (Å²) in [5, 5.41) is 3.99. The zero-order valence-electron chi connectivity index (χ0n) is 15.2. The first-order chi connectivity index (χ1) is 14.2. The number of thiophene rings is 1. The van der Waals surface area contributed by atoms with Crippen LogP contribution in [0.2, 0.25) is 0 Å². The first-order valence-corrected chi connectivity index (χ1v) is 11.0. The Balaban J connectivity index is 1.38. The third kappa shape index (κ3) is 3.12. The SMILES string of the molecule is O=C1c2ccccc2C(=O)N1CCSc1ncnc2scc(-c3ccccc3)c12. The van der Waals surface area contributed by atoms with E-state index in [1.54, 1.807) is 53.7 Å². The predicted octanol–water partition coefficient (Wildman–Crippen LogP) is 4.75. The average molecular weight is 418 g/mol. The summed E-state index contributed by atoms with van der Waals surface area (Å²) in [6, 6.07) is 17.1. The minimum atomic E-state index is -0.223. The number of benzene rings is 2. The molecule has 142 valence electrons. The number of aromatic nitrogens is 2. The number of carbonyl (C=O) groups excluding carboxylic acids is 2. The fourth-order valence-electron chi connectivity index (χ4n) is 3.46. The number of amides is 2. The van der Waals surface area contributed by atoms with Crippen molar-refractivity contribution in [3.63, 3.8) is 0 Å². The van der Waals surface area contributed by atoms with E-state index in [2.05, 4.69) is 27.5 Å². The lowest BCUT2D eigenvalue weighted by Gasteiger charge is -2.13. The largest absolute Gasteiger partial charge is 0.273 e. The van der Waals surface area contributed by atoms with Crippen LogP contribution < -0.4 is 0 Å². The molecule has 0 aliphatic carbocycles. The number of fused-ring (bicyclic) bond motifs is 2. The number of nitrogens with zero attached hydrogens (tertiary/aromatic N) is 3. The van der Waals surface area contributed by atoms with E-state index in [1.165, 1.54) is 4.90 Å². The molecule has 5 nitrogen and oxygen atoms in total. The summed E-state index contributed by atoms with van der Waals surface area (Å²) in [7, 11) is 0. The van der Waals surface area contributed by atoms with Gasteiger partial charge in [-0.25, -0.2) is 9.97 Å². The summed E-state index contributed by atoms with van der Waals surface area (Å²) >= 11 is 3.13. The molecule has 3 heterocycles. The van der Waals surface area contributed by atoms with Crippen LogP contribution in [-0.2, 0) is 0 Å². The van der Waals surface area contributed by atoms with Crippen molar-refractivity contribution >= 4 is 45.1 Å². The Morgan fingerprint density at radius 1 is 0.862 bits per heavy atom. The Morgan fingerprint density at radius 3 is 2.28 bits per heavy atom. The van der Waals surface area contributed by atoms with Gasteiger partial charge in [0.15, 0.2) is 0 Å². The zero-order chi connectivity index (χ0) is 19.8. The zero-order valence-corrected chi connectivity index (χ0v) is 16.9. The van der Waals surface area contributed by atoms with Crippen molar-refractivity contribution in [2.24, 2.45) is 0 Å². The topological polar surface area (TPSA) is 63.2 Å². The van der Waals surface area contributed by atoms with Crippen LogP contribution >= 0.6 is 23.1 Å². The molecule has 0 saturated carbocycles. The minimum Gasteiger partial charge on any atom is -0.273 e. The maximum absolute atomic E-state index is 12.5. The van der Waals surface area contributed by atoms with Gasteiger partial charge in [0.25, 0.3) is 11.8 Å². The standard InChI is InChI=1S/C22H15N3O2S2/c26-21-15-8-4-5-9-16(15)22(27)25(21)10-11-28-19-18-17(14-6-2-1-3-7-14)12-29-20(18)24-13-23-19/h1-9,12-13H,10-11H2. The van der Waals surface area contributed by atoms with Crippen molar-refractivity contribution in [3.05, 3.63) is 77.4 Å². The van der Waals surface area contributed by atoms with Gasteiger partial charge in [0.1, 0.15) is 16.2 Å². The average Bonchev–Trinajstić information content (AvgIpc) is 3.30. The number of hydrogen-bond acceptors (Lipinski definition) is 6. The van der Waals surface area contributed by atoms with E-state index < -0.39 is 0 Å². The molecule has 5 rings (SSSR count). The van der Waals surface area contributed by atoms with E-state index in [1.807, 2.05) is 18.2 Å². The summed E-state index contributed by atoms with van der Waals surface area (Å²) in [6.07, 6.45) is 1.57.